The molecule has 5 nitrogen and oxygen atoms in total. The van der Waals surface area contributed by atoms with Crippen molar-refractivity contribution in [2.75, 3.05) is 0 Å². The molecular formula is C26H25N5. The fourth-order valence-electron chi connectivity index (χ4n) is 4.29. The molecule has 0 amide bonds. The number of hydrogen-bond donors (Lipinski definition) is 0. The Kier molecular flexibility index (Phi) is 4.66. The summed E-state index contributed by atoms with van der Waals surface area (Å²) in [5.74, 6) is 0.751. The molecule has 0 radical (unpaired) electrons. The molecule has 5 heteroatoms. The first-order chi connectivity index (χ1) is 15.0. The molecule has 0 aliphatic heterocycles. The Morgan fingerprint density at radius 3 is 2.39 bits per heavy atom. The maximum atomic E-state index is 5.08. The third-order valence-corrected chi connectivity index (χ3v) is 5.77. The predicted molar refractivity (Wildman–Crippen MR) is 125 cm³/mol. The Morgan fingerprint density at radius 1 is 0.871 bits per heavy atom. The van der Waals surface area contributed by atoms with Gasteiger partial charge in [0.15, 0.2) is 0 Å². The topological polar surface area (TPSA) is 48.0 Å². The molecule has 0 fully saturated rings. The Balaban J connectivity index is 1.70. The molecule has 154 valence electrons. The smallest absolute Gasteiger partial charge is 0.147 e. The number of hydrogen-bond acceptors (Lipinski definition) is 3. The zero-order valence-corrected chi connectivity index (χ0v) is 18.3. The lowest BCUT2D eigenvalue weighted by atomic mass is 9.93. The van der Waals surface area contributed by atoms with Crippen LogP contribution in [0.4, 0.5) is 0 Å². The second-order valence-corrected chi connectivity index (χ2v) is 7.97. The molecule has 5 aromatic rings. The summed E-state index contributed by atoms with van der Waals surface area (Å²) < 4.78 is 3.97. The van der Waals surface area contributed by atoms with Crippen LogP contribution in [0.5, 0.6) is 0 Å². The Morgan fingerprint density at radius 2 is 1.68 bits per heavy atom. The molecule has 2 aromatic carbocycles. The van der Waals surface area contributed by atoms with E-state index in [4.69, 9.17) is 4.98 Å². The molecule has 0 spiro atoms. The van der Waals surface area contributed by atoms with Gasteiger partial charge in [0, 0.05) is 17.8 Å². The number of pyridine rings is 1. The van der Waals surface area contributed by atoms with Gasteiger partial charge in [-0.1, -0.05) is 55.0 Å². The van der Waals surface area contributed by atoms with E-state index in [0.717, 1.165) is 34.8 Å². The highest BCUT2D eigenvalue weighted by atomic mass is 15.3. The number of aromatic nitrogens is 5. The average molecular weight is 408 g/mol. The van der Waals surface area contributed by atoms with E-state index in [-0.39, 0.29) is 0 Å². The molecule has 5 rings (SSSR count). The van der Waals surface area contributed by atoms with Crippen LogP contribution in [0.1, 0.15) is 29.6 Å². The summed E-state index contributed by atoms with van der Waals surface area (Å²) in [5.41, 5.74) is 10.3. The molecule has 0 aliphatic carbocycles. The van der Waals surface area contributed by atoms with E-state index in [1.54, 1.807) is 11.0 Å². The van der Waals surface area contributed by atoms with Crippen LogP contribution < -0.4 is 0 Å². The lowest BCUT2D eigenvalue weighted by Gasteiger charge is -2.12. The molecule has 0 unspecified atom stereocenters. The highest BCUT2D eigenvalue weighted by Crippen LogP contribution is 2.36. The standard InChI is InChI=1S/C26H25N5/c1-5-24-26(23-9-7-6-8-22(23)21-11-10-17(2)14-18(21)3)28-25-15-20(12-13-30(24)25)31-16-27-19(4)29-31/h6-16H,5H2,1-4H3. The second-order valence-electron chi connectivity index (χ2n) is 7.97. The molecule has 0 atom stereocenters. The van der Waals surface area contributed by atoms with Crippen molar-refractivity contribution in [1.82, 2.24) is 24.1 Å². The van der Waals surface area contributed by atoms with Gasteiger partial charge in [-0.15, -0.1) is 0 Å². The van der Waals surface area contributed by atoms with Gasteiger partial charge in [-0.05, 0) is 49.9 Å². The van der Waals surface area contributed by atoms with Crippen LogP contribution >= 0.6 is 0 Å². The van der Waals surface area contributed by atoms with Crippen molar-refractivity contribution in [3.63, 3.8) is 0 Å². The maximum Gasteiger partial charge on any atom is 0.147 e. The van der Waals surface area contributed by atoms with Gasteiger partial charge in [0.2, 0.25) is 0 Å². The summed E-state index contributed by atoms with van der Waals surface area (Å²) in [7, 11) is 0. The van der Waals surface area contributed by atoms with Gasteiger partial charge in [0.1, 0.15) is 17.8 Å². The number of fused-ring (bicyclic) bond motifs is 1. The van der Waals surface area contributed by atoms with E-state index in [2.05, 4.69) is 96.0 Å². The third-order valence-electron chi connectivity index (χ3n) is 5.77. The predicted octanol–water partition coefficient (Wildman–Crippen LogP) is 5.74. The summed E-state index contributed by atoms with van der Waals surface area (Å²) in [6, 6.07) is 19.3. The van der Waals surface area contributed by atoms with Crippen LogP contribution in [0.2, 0.25) is 0 Å². The molecular weight excluding hydrogens is 382 g/mol. The second kappa shape index (κ2) is 7.51. The van der Waals surface area contributed by atoms with Crippen molar-refractivity contribution >= 4 is 5.65 Å². The van der Waals surface area contributed by atoms with Gasteiger partial charge < -0.3 is 4.40 Å². The van der Waals surface area contributed by atoms with E-state index >= 15 is 0 Å². The molecule has 3 aromatic heterocycles. The third kappa shape index (κ3) is 3.32. The van der Waals surface area contributed by atoms with Crippen LogP contribution in [-0.4, -0.2) is 24.1 Å². The molecule has 0 N–H and O–H groups in total. The fraction of sp³-hybridized carbons (Fsp3) is 0.192. The zero-order valence-electron chi connectivity index (χ0n) is 18.3. The van der Waals surface area contributed by atoms with Crippen LogP contribution in [0.15, 0.2) is 67.1 Å². The van der Waals surface area contributed by atoms with E-state index in [9.17, 15) is 0 Å². The average Bonchev–Trinajstić information content (AvgIpc) is 3.36. The lowest BCUT2D eigenvalue weighted by molar-refractivity contribution is 0.858. The summed E-state index contributed by atoms with van der Waals surface area (Å²) in [6.45, 7) is 8.38. The Bertz CT molecular complexity index is 1410. The van der Waals surface area contributed by atoms with Crippen LogP contribution in [0.25, 0.3) is 33.7 Å². The number of aryl methyl sites for hydroxylation is 4. The first kappa shape index (κ1) is 19.2. The normalized spacial score (nSPS) is 11.4. The first-order valence-electron chi connectivity index (χ1n) is 10.6. The summed E-state index contributed by atoms with van der Waals surface area (Å²) in [5, 5.41) is 4.43. The van der Waals surface area contributed by atoms with Crippen molar-refractivity contribution in [3.8, 4) is 28.1 Å². The minimum absolute atomic E-state index is 0.751. The number of rotatable bonds is 4. The van der Waals surface area contributed by atoms with Crippen molar-refractivity contribution < 1.29 is 0 Å². The minimum Gasteiger partial charge on any atom is -0.303 e. The molecule has 0 bridgehead atoms. The summed E-state index contributed by atoms with van der Waals surface area (Å²) in [4.78, 5) is 9.33. The maximum absolute atomic E-state index is 5.08. The highest BCUT2D eigenvalue weighted by Gasteiger charge is 2.17. The minimum atomic E-state index is 0.751. The van der Waals surface area contributed by atoms with E-state index in [1.807, 2.05) is 6.92 Å². The molecule has 0 saturated carbocycles. The number of nitrogens with zero attached hydrogens (tertiary/aromatic N) is 5. The lowest BCUT2D eigenvalue weighted by Crippen LogP contribution is -1.98. The van der Waals surface area contributed by atoms with Crippen molar-refractivity contribution in [3.05, 3.63) is 89.8 Å². The van der Waals surface area contributed by atoms with Gasteiger partial charge in [-0.3, -0.25) is 0 Å². The number of imidazole rings is 1. The number of benzene rings is 2. The van der Waals surface area contributed by atoms with Crippen LogP contribution in [0.3, 0.4) is 0 Å². The van der Waals surface area contributed by atoms with Crippen LogP contribution in [-0.2, 0) is 6.42 Å². The highest BCUT2D eigenvalue weighted by molar-refractivity contribution is 5.85. The van der Waals surface area contributed by atoms with Crippen molar-refractivity contribution in [1.29, 1.82) is 0 Å². The van der Waals surface area contributed by atoms with E-state index in [1.165, 1.54) is 27.9 Å². The van der Waals surface area contributed by atoms with Gasteiger partial charge >= 0.3 is 0 Å². The van der Waals surface area contributed by atoms with Gasteiger partial charge in [-0.2, -0.15) is 5.10 Å². The monoisotopic (exact) mass is 407 g/mol. The van der Waals surface area contributed by atoms with Crippen molar-refractivity contribution in [2.24, 2.45) is 0 Å². The van der Waals surface area contributed by atoms with Gasteiger partial charge in [0.05, 0.1) is 17.1 Å². The fourth-order valence-corrected chi connectivity index (χ4v) is 4.29. The van der Waals surface area contributed by atoms with E-state index < -0.39 is 0 Å². The van der Waals surface area contributed by atoms with Crippen molar-refractivity contribution in [2.45, 2.75) is 34.1 Å². The quantitative estimate of drug-likeness (QED) is 0.382. The zero-order chi connectivity index (χ0) is 21.5. The molecule has 0 aliphatic rings. The molecule has 0 saturated heterocycles. The largest absolute Gasteiger partial charge is 0.303 e. The molecule has 3 heterocycles. The van der Waals surface area contributed by atoms with E-state index in [0.29, 0.717) is 0 Å². The Hall–Kier alpha value is -3.73. The summed E-state index contributed by atoms with van der Waals surface area (Å²) in [6.07, 6.45) is 4.71. The first-order valence-corrected chi connectivity index (χ1v) is 10.6. The SMILES string of the molecule is CCc1c(-c2ccccc2-c2ccc(C)cc2C)nc2cc(-n3cnc(C)n3)ccn12. The van der Waals surface area contributed by atoms with Crippen LogP contribution in [0, 0.1) is 20.8 Å². The molecule has 31 heavy (non-hydrogen) atoms. The van der Waals surface area contributed by atoms with Gasteiger partial charge in [0.25, 0.3) is 0 Å². The Labute approximate surface area is 182 Å². The van der Waals surface area contributed by atoms with Gasteiger partial charge in [-0.25, -0.2) is 14.6 Å². The summed E-state index contributed by atoms with van der Waals surface area (Å²) >= 11 is 0.